The Morgan fingerprint density at radius 2 is 1.62 bits per heavy atom. The van der Waals surface area contributed by atoms with Gasteiger partial charge in [0.2, 0.25) is 0 Å². The van der Waals surface area contributed by atoms with Crippen molar-refractivity contribution in [3.63, 3.8) is 0 Å². The molecule has 0 bridgehead atoms. The summed E-state index contributed by atoms with van der Waals surface area (Å²) in [5.74, 6) is 0.909. The van der Waals surface area contributed by atoms with Crippen LogP contribution in [0.15, 0.2) is 66.7 Å². The molecular weight excluding hydrogens is 458 g/mol. The van der Waals surface area contributed by atoms with Gasteiger partial charge in [-0.15, -0.1) is 0 Å². The molecule has 5 heteroatoms. The average Bonchev–Trinajstić information content (AvgIpc) is 3.16. The molecule has 0 unspecified atom stereocenters. The minimum absolute atomic E-state index is 0.121. The number of aromatic nitrogens is 1. The van der Waals surface area contributed by atoms with Crippen molar-refractivity contribution < 1.29 is 9.53 Å². The van der Waals surface area contributed by atoms with E-state index in [2.05, 4.69) is 76.7 Å². The van der Waals surface area contributed by atoms with Gasteiger partial charge in [-0.05, 0) is 87.8 Å². The number of aryl methyl sites for hydroxylation is 1. The van der Waals surface area contributed by atoms with Gasteiger partial charge >= 0.3 is 6.03 Å². The lowest BCUT2D eigenvalue weighted by molar-refractivity contribution is 0.240. The van der Waals surface area contributed by atoms with E-state index < -0.39 is 0 Å². The van der Waals surface area contributed by atoms with Crippen molar-refractivity contribution in [2.45, 2.75) is 64.5 Å². The highest BCUT2D eigenvalue weighted by Crippen LogP contribution is 2.47. The molecule has 4 aromatic rings. The van der Waals surface area contributed by atoms with Crippen molar-refractivity contribution >= 4 is 22.6 Å². The number of hydrogen-bond donors (Lipinski definition) is 2. The van der Waals surface area contributed by atoms with E-state index in [1.807, 2.05) is 19.1 Å². The van der Waals surface area contributed by atoms with Crippen LogP contribution in [-0.2, 0) is 0 Å². The Labute approximate surface area is 218 Å². The number of carbonyl (C=O) groups excluding carboxylic acids is 1. The highest BCUT2D eigenvalue weighted by Gasteiger charge is 2.28. The number of nitrogens with zero attached hydrogens (tertiary/aromatic N) is 1. The minimum Gasteiger partial charge on any atom is -0.494 e. The Bertz CT molecular complexity index is 1410. The molecule has 0 radical (unpaired) electrons. The Kier molecular flexibility index (Phi) is 6.37. The van der Waals surface area contributed by atoms with Crippen LogP contribution in [0.4, 0.5) is 10.5 Å². The fourth-order valence-corrected chi connectivity index (χ4v) is 5.48. The van der Waals surface area contributed by atoms with Crippen LogP contribution in [0.3, 0.4) is 0 Å². The third-order valence-corrected chi connectivity index (χ3v) is 7.92. The van der Waals surface area contributed by atoms with Crippen LogP contribution >= 0.6 is 0 Å². The normalized spacial score (nSPS) is 15.7. The van der Waals surface area contributed by atoms with Gasteiger partial charge in [-0.1, -0.05) is 42.0 Å². The van der Waals surface area contributed by atoms with Gasteiger partial charge in [-0.25, -0.2) is 4.79 Å². The number of benzene rings is 3. The van der Waals surface area contributed by atoms with Crippen molar-refractivity contribution in [2.24, 2.45) is 0 Å². The highest BCUT2D eigenvalue weighted by molar-refractivity contribution is 6.05. The van der Waals surface area contributed by atoms with Gasteiger partial charge in [0.05, 0.1) is 17.8 Å². The minimum atomic E-state index is -0.121. The van der Waals surface area contributed by atoms with Gasteiger partial charge in [0.15, 0.2) is 0 Å². The van der Waals surface area contributed by atoms with E-state index in [4.69, 9.17) is 4.74 Å². The molecule has 6 rings (SSSR count). The second-order valence-corrected chi connectivity index (χ2v) is 10.5. The van der Waals surface area contributed by atoms with E-state index in [0.717, 1.165) is 29.8 Å². The molecular formula is C32H35N3O2. The van der Waals surface area contributed by atoms with Crippen molar-refractivity contribution in [1.29, 1.82) is 0 Å². The van der Waals surface area contributed by atoms with Crippen LogP contribution in [0.5, 0.6) is 5.75 Å². The smallest absolute Gasteiger partial charge is 0.319 e. The summed E-state index contributed by atoms with van der Waals surface area (Å²) in [4.78, 5) is 12.4. The van der Waals surface area contributed by atoms with Crippen molar-refractivity contribution in [3.8, 4) is 28.1 Å². The lowest BCUT2D eigenvalue weighted by Gasteiger charge is -2.30. The van der Waals surface area contributed by atoms with E-state index in [1.165, 1.54) is 59.0 Å². The molecule has 1 heterocycles. The van der Waals surface area contributed by atoms with Crippen LogP contribution in [0.25, 0.3) is 33.3 Å². The summed E-state index contributed by atoms with van der Waals surface area (Å²) < 4.78 is 8.45. The maximum atomic E-state index is 12.4. The number of urea groups is 1. The first-order valence-corrected chi connectivity index (χ1v) is 13.7. The topological polar surface area (TPSA) is 55.3 Å². The molecule has 0 atom stereocenters. The molecule has 0 aliphatic heterocycles. The summed E-state index contributed by atoms with van der Waals surface area (Å²) in [5.41, 5.74) is 8.15. The number of nitrogens with one attached hydrogen (secondary N) is 2. The van der Waals surface area contributed by atoms with Gasteiger partial charge in [0, 0.05) is 34.8 Å². The van der Waals surface area contributed by atoms with Crippen LogP contribution in [0.1, 0.15) is 57.1 Å². The molecule has 2 N–H and O–H groups in total. The third kappa shape index (κ3) is 4.59. The molecule has 1 aromatic heterocycles. The molecule has 5 nitrogen and oxygen atoms in total. The van der Waals surface area contributed by atoms with Crippen molar-refractivity contribution in [3.05, 3.63) is 72.3 Å². The summed E-state index contributed by atoms with van der Waals surface area (Å²) in [5, 5.41) is 7.31. The first-order chi connectivity index (χ1) is 18.1. The van der Waals surface area contributed by atoms with E-state index in [-0.39, 0.29) is 6.03 Å². The molecule has 2 amide bonds. The predicted octanol–water partition coefficient (Wildman–Crippen LogP) is 8.08. The largest absolute Gasteiger partial charge is 0.494 e. The molecule has 0 spiro atoms. The lowest BCUT2D eigenvalue weighted by atomic mass is 9.91. The second-order valence-electron chi connectivity index (χ2n) is 10.5. The second kappa shape index (κ2) is 9.97. The maximum absolute atomic E-state index is 12.4. The van der Waals surface area contributed by atoms with E-state index in [1.54, 1.807) is 0 Å². The number of amides is 2. The molecule has 190 valence electrons. The van der Waals surface area contributed by atoms with Crippen molar-refractivity contribution in [2.75, 3.05) is 11.9 Å². The molecule has 3 aromatic carbocycles. The molecule has 0 saturated heterocycles. The predicted molar refractivity (Wildman–Crippen MR) is 151 cm³/mol. The Hall–Kier alpha value is -3.73. The van der Waals surface area contributed by atoms with Gasteiger partial charge in [-0.2, -0.15) is 0 Å². The Morgan fingerprint density at radius 3 is 2.24 bits per heavy atom. The zero-order valence-electron chi connectivity index (χ0n) is 21.7. The van der Waals surface area contributed by atoms with E-state index in [9.17, 15) is 4.79 Å². The van der Waals surface area contributed by atoms with Crippen LogP contribution in [-0.4, -0.2) is 23.2 Å². The molecule has 2 saturated carbocycles. The van der Waals surface area contributed by atoms with Gasteiger partial charge in [-0.3, -0.25) is 0 Å². The fraction of sp³-hybridized carbons (Fsp3) is 0.344. The maximum Gasteiger partial charge on any atom is 0.319 e. The monoisotopic (exact) mass is 493 g/mol. The molecule has 2 aliphatic carbocycles. The first kappa shape index (κ1) is 23.7. The Balaban J connectivity index is 1.46. The van der Waals surface area contributed by atoms with E-state index in [0.29, 0.717) is 18.7 Å². The summed E-state index contributed by atoms with van der Waals surface area (Å²) in [6, 6.07) is 24.3. The SMILES string of the molecule is CCOc1ccc2c(-c3ccc(C)cc3)c(-c3ccc(NC(=O)NC4CCC4)cc3)n(C3CCC3)c2c1. The number of fused-ring (bicyclic) bond motifs is 1. The molecule has 2 fully saturated rings. The first-order valence-electron chi connectivity index (χ1n) is 13.7. The third-order valence-electron chi connectivity index (χ3n) is 7.92. The van der Waals surface area contributed by atoms with E-state index >= 15 is 0 Å². The number of carbonyl (C=O) groups is 1. The Morgan fingerprint density at radius 1 is 0.919 bits per heavy atom. The average molecular weight is 494 g/mol. The van der Waals surface area contributed by atoms with Crippen LogP contribution < -0.4 is 15.4 Å². The van der Waals surface area contributed by atoms with Gasteiger partial charge in [0.1, 0.15) is 5.75 Å². The summed E-state index contributed by atoms with van der Waals surface area (Å²) in [6.45, 7) is 4.81. The fourth-order valence-electron chi connectivity index (χ4n) is 5.48. The van der Waals surface area contributed by atoms with Gasteiger partial charge < -0.3 is 19.9 Å². The standard InChI is InChI=1S/C32H35N3O2/c1-3-37-27-18-19-28-29(20-27)35(26-8-5-9-26)31(30(28)22-12-10-21(2)11-13-22)23-14-16-25(17-15-23)34-32(36)33-24-6-4-7-24/h10-20,24,26H,3-9H2,1-2H3,(H2,33,34,36). The highest BCUT2D eigenvalue weighted by atomic mass is 16.5. The summed E-state index contributed by atoms with van der Waals surface area (Å²) in [6.07, 6.45) is 6.97. The summed E-state index contributed by atoms with van der Waals surface area (Å²) in [7, 11) is 0. The zero-order valence-corrected chi connectivity index (χ0v) is 21.7. The van der Waals surface area contributed by atoms with Crippen molar-refractivity contribution in [1.82, 2.24) is 9.88 Å². The van der Waals surface area contributed by atoms with Crippen LogP contribution in [0.2, 0.25) is 0 Å². The molecule has 37 heavy (non-hydrogen) atoms. The quantitative estimate of drug-likeness (QED) is 0.273. The molecule has 2 aliphatic rings. The lowest BCUT2D eigenvalue weighted by Crippen LogP contribution is -2.41. The number of ether oxygens (including phenoxy) is 1. The number of hydrogen-bond acceptors (Lipinski definition) is 2. The zero-order chi connectivity index (χ0) is 25.4. The number of anilines is 1. The van der Waals surface area contributed by atoms with Gasteiger partial charge in [0.25, 0.3) is 0 Å². The number of rotatable bonds is 7. The summed E-state index contributed by atoms with van der Waals surface area (Å²) >= 11 is 0. The van der Waals surface area contributed by atoms with Crippen LogP contribution in [0, 0.1) is 6.92 Å².